The number of hydrogen-bond acceptors (Lipinski definition) is 10. The maximum absolute atomic E-state index is 13.8. The minimum Gasteiger partial charge on any atom is -0.480 e. The predicted octanol–water partition coefficient (Wildman–Crippen LogP) is 2.31. The van der Waals surface area contributed by atoms with Crippen molar-refractivity contribution in [2.45, 2.75) is 77.2 Å². The fraction of sp³-hybridized carbons (Fsp3) is 0.667. The number of carbonyl (C=O) groups is 2. The molecule has 1 saturated carbocycles. The lowest BCUT2D eigenvalue weighted by Crippen LogP contribution is -2.52. The van der Waals surface area contributed by atoms with Crippen LogP contribution in [0.1, 0.15) is 52.9 Å². The van der Waals surface area contributed by atoms with Crippen LogP contribution in [0.5, 0.6) is 0 Å². The average Bonchev–Trinajstić information content (AvgIpc) is 3.21. The lowest BCUT2D eigenvalue weighted by atomic mass is 9.83. The Kier molecular flexibility index (Phi) is 8.81. The van der Waals surface area contributed by atoms with E-state index in [0.29, 0.717) is 43.4 Å². The van der Waals surface area contributed by atoms with Crippen LogP contribution >= 0.6 is 7.52 Å². The number of carboxylic acids is 1. The molecule has 14 heteroatoms. The van der Waals surface area contributed by atoms with Crippen LogP contribution in [0.15, 0.2) is 12.7 Å². The van der Waals surface area contributed by atoms with Crippen LogP contribution in [0.3, 0.4) is 0 Å². The van der Waals surface area contributed by atoms with Crippen molar-refractivity contribution in [1.29, 1.82) is 0 Å². The van der Waals surface area contributed by atoms with Crippen molar-refractivity contribution in [3.63, 3.8) is 0 Å². The normalized spacial score (nSPS) is 18.3. The zero-order valence-corrected chi connectivity index (χ0v) is 21.1. The van der Waals surface area contributed by atoms with Crippen molar-refractivity contribution >= 4 is 36.4 Å². The number of esters is 1. The average molecular weight is 513 g/mol. The molecule has 0 bridgehead atoms. The number of imidazole rings is 1. The monoisotopic (exact) mass is 512 g/mol. The first-order valence-electron chi connectivity index (χ1n) is 11.5. The number of rotatable bonds is 12. The van der Waals surface area contributed by atoms with Gasteiger partial charge in [-0.05, 0) is 33.6 Å². The number of aliphatic carboxylic acids is 1. The second-order valence-electron chi connectivity index (χ2n) is 8.98. The summed E-state index contributed by atoms with van der Waals surface area (Å²) in [7, 11) is -3.93. The van der Waals surface area contributed by atoms with E-state index < -0.39 is 44.1 Å². The molecule has 2 aromatic rings. The number of nitrogen functional groups attached to an aromatic ring is 1. The van der Waals surface area contributed by atoms with Gasteiger partial charge in [-0.1, -0.05) is 19.3 Å². The molecule has 2 aromatic heterocycles. The van der Waals surface area contributed by atoms with E-state index in [2.05, 4.69) is 20.0 Å². The summed E-state index contributed by atoms with van der Waals surface area (Å²) in [6, 6.07) is 0. The van der Waals surface area contributed by atoms with Crippen LogP contribution in [0.25, 0.3) is 11.2 Å². The lowest BCUT2D eigenvalue weighted by Gasteiger charge is -2.37. The minimum absolute atomic E-state index is 0.254. The summed E-state index contributed by atoms with van der Waals surface area (Å²) in [6.07, 6.45) is 4.40. The number of aromatic nitrogens is 4. The molecular formula is C21H33N6O7P. The van der Waals surface area contributed by atoms with Gasteiger partial charge in [0.05, 0.1) is 25.1 Å². The molecule has 13 nitrogen and oxygen atoms in total. The molecule has 3 rings (SSSR count). The highest BCUT2D eigenvalue weighted by Crippen LogP contribution is 2.47. The third-order valence-corrected chi connectivity index (χ3v) is 7.48. The molecule has 1 aliphatic carbocycles. The van der Waals surface area contributed by atoms with Gasteiger partial charge in [0.15, 0.2) is 18.1 Å². The summed E-state index contributed by atoms with van der Waals surface area (Å²) < 4.78 is 31.8. The van der Waals surface area contributed by atoms with E-state index in [4.69, 9.17) is 19.7 Å². The molecule has 35 heavy (non-hydrogen) atoms. The molecule has 1 fully saturated rings. The highest BCUT2D eigenvalue weighted by Gasteiger charge is 2.45. The van der Waals surface area contributed by atoms with Crippen molar-refractivity contribution in [3.05, 3.63) is 12.7 Å². The molecule has 194 valence electrons. The molecule has 0 aromatic carbocycles. The molecule has 2 heterocycles. The zero-order chi connectivity index (χ0) is 25.6. The first kappa shape index (κ1) is 27.0. The maximum atomic E-state index is 13.8. The molecule has 0 amide bonds. The fourth-order valence-electron chi connectivity index (χ4n) is 4.00. The quantitative estimate of drug-likeness (QED) is 0.279. The SMILES string of the molecule is CC(C)OC(=O)COP(=O)(COC(C)Cn1cnc2c(N)ncnc21)NC1(C(=O)O)CCCCC1. The van der Waals surface area contributed by atoms with Gasteiger partial charge in [0.2, 0.25) is 0 Å². The Labute approximate surface area is 203 Å². The molecule has 2 atom stereocenters. The van der Waals surface area contributed by atoms with Crippen molar-refractivity contribution in [1.82, 2.24) is 24.6 Å². The smallest absolute Gasteiger partial charge is 0.332 e. The van der Waals surface area contributed by atoms with Gasteiger partial charge < -0.3 is 29.4 Å². The van der Waals surface area contributed by atoms with Crippen molar-refractivity contribution in [2.24, 2.45) is 0 Å². The lowest BCUT2D eigenvalue weighted by molar-refractivity contribution is -0.149. The Morgan fingerprint density at radius 2 is 1.94 bits per heavy atom. The second kappa shape index (κ2) is 11.4. The van der Waals surface area contributed by atoms with Gasteiger partial charge in [0.1, 0.15) is 23.7 Å². The fourth-order valence-corrected chi connectivity index (χ4v) is 5.94. The van der Waals surface area contributed by atoms with Crippen molar-refractivity contribution in [2.75, 3.05) is 18.7 Å². The van der Waals surface area contributed by atoms with Crippen LogP contribution in [0, 0.1) is 0 Å². The molecule has 1 aliphatic rings. The summed E-state index contributed by atoms with van der Waals surface area (Å²) in [6.45, 7) is 4.81. The number of nitrogens with two attached hydrogens (primary N) is 1. The van der Waals surface area contributed by atoms with Crippen molar-refractivity contribution in [3.8, 4) is 0 Å². The molecular weight excluding hydrogens is 479 g/mol. The number of nitrogens with zero attached hydrogens (tertiary/aromatic N) is 4. The maximum Gasteiger partial charge on any atom is 0.332 e. The first-order chi connectivity index (χ1) is 16.5. The first-order valence-corrected chi connectivity index (χ1v) is 13.3. The van der Waals surface area contributed by atoms with E-state index in [1.807, 2.05) is 0 Å². The summed E-state index contributed by atoms with van der Waals surface area (Å²) in [5, 5.41) is 12.7. The van der Waals surface area contributed by atoms with Crippen LogP contribution < -0.4 is 10.8 Å². The summed E-state index contributed by atoms with van der Waals surface area (Å²) in [5.41, 5.74) is 5.38. The highest BCUT2D eigenvalue weighted by molar-refractivity contribution is 7.56. The Hall–Kier alpha value is -2.60. The molecule has 0 saturated heterocycles. The number of fused-ring (bicyclic) bond motifs is 1. The van der Waals surface area contributed by atoms with Crippen LogP contribution in [-0.4, -0.2) is 67.3 Å². The Morgan fingerprint density at radius 1 is 1.23 bits per heavy atom. The Morgan fingerprint density at radius 3 is 2.60 bits per heavy atom. The largest absolute Gasteiger partial charge is 0.480 e. The van der Waals surface area contributed by atoms with Crippen LogP contribution in [0.4, 0.5) is 5.82 Å². The van der Waals surface area contributed by atoms with Gasteiger partial charge in [-0.15, -0.1) is 0 Å². The summed E-state index contributed by atoms with van der Waals surface area (Å²) in [5.74, 6) is -1.56. The van der Waals surface area contributed by atoms with Gasteiger partial charge >= 0.3 is 11.9 Å². The van der Waals surface area contributed by atoms with E-state index >= 15 is 0 Å². The van der Waals surface area contributed by atoms with Gasteiger partial charge in [0.25, 0.3) is 7.52 Å². The zero-order valence-electron chi connectivity index (χ0n) is 20.2. The van der Waals surface area contributed by atoms with E-state index in [-0.39, 0.29) is 11.9 Å². The Balaban J connectivity index is 1.72. The number of carbonyl (C=O) groups excluding carboxylic acids is 1. The topological polar surface area (TPSA) is 181 Å². The van der Waals surface area contributed by atoms with Crippen LogP contribution in [-0.2, 0) is 34.7 Å². The predicted molar refractivity (Wildman–Crippen MR) is 127 cm³/mol. The minimum atomic E-state index is -3.93. The third-order valence-electron chi connectivity index (χ3n) is 5.67. The Bertz CT molecular complexity index is 1090. The van der Waals surface area contributed by atoms with Gasteiger partial charge in [-0.25, -0.2) is 24.8 Å². The van der Waals surface area contributed by atoms with Gasteiger partial charge in [0, 0.05) is 0 Å². The number of anilines is 1. The molecule has 0 spiro atoms. The third kappa shape index (κ3) is 6.97. The van der Waals surface area contributed by atoms with E-state index in [9.17, 15) is 19.3 Å². The summed E-state index contributed by atoms with van der Waals surface area (Å²) >= 11 is 0. The van der Waals surface area contributed by atoms with Crippen molar-refractivity contribution < 1.29 is 33.3 Å². The highest BCUT2D eigenvalue weighted by atomic mass is 31.2. The molecule has 2 unspecified atom stereocenters. The number of ether oxygens (including phenoxy) is 2. The standard InChI is InChI=1S/C21H33N6O7P/c1-14(2)34-16(28)10-33-35(31,26-21(20(29)30)7-5-4-6-8-21)13-32-15(3)9-27-12-25-17-18(22)23-11-24-19(17)27/h11-12,14-15H,4-10,13H2,1-3H3,(H,26,31)(H,29,30)(H2,22,23,24). The summed E-state index contributed by atoms with van der Waals surface area (Å²) in [4.78, 5) is 36.5. The van der Waals surface area contributed by atoms with E-state index in [0.717, 1.165) is 6.42 Å². The molecule has 0 aliphatic heterocycles. The van der Waals surface area contributed by atoms with Gasteiger partial charge in [-0.3, -0.25) is 9.36 Å². The second-order valence-corrected chi connectivity index (χ2v) is 11.1. The number of carboxylic acid groups (broad SMARTS) is 1. The number of hydrogen-bond donors (Lipinski definition) is 3. The van der Waals surface area contributed by atoms with E-state index in [1.54, 1.807) is 31.7 Å². The van der Waals surface area contributed by atoms with Crippen LogP contribution in [0.2, 0.25) is 0 Å². The molecule has 4 N–H and O–H groups in total. The van der Waals surface area contributed by atoms with E-state index in [1.165, 1.54) is 6.33 Å². The van der Waals surface area contributed by atoms with Gasteiger partial charge in [-0.2, -0.15) is 0 Å². The molecule has 0 radical (unpaired) electrons. The number of nitrogens with one attached hydrogen (secondary N) is 1.